The van der Waals surface area contributed by atoms with E-state index in [-0.39, 0.29) is 0 Å². The van der Waals surface area contributed by atoms with Crippen molar-refractivity contribution in [3.63, 3.8) is 0 Å². The lowest BCUT2D eigenvalue weighted by Gasteiger charge is -2.22. The summed E-state index contributed by atoms with van der Waals surface area (Å²) in [5, 5.41) is 0.832. The number of hydrogen-bond acceptors (Lipinski definition) is 0. The molecular formula is C20H18BrCl. The largest absolute Gasteiger partial charge is 0.0911 e. The minimum atomic E-state index is 0.832. The monoisotopic (exact) mass is 372 g/mol. The van der Waals surface area contributed by atoms with Crippen molar-refractivity contribution in [2.24, 2.45) is 0 Å². The van der Waals surface area contributed by atoms with E-state index in [1.165, 1.54) is 27.8 Å². The number of fused-ring (bicyclic) bond motifs is 1. The van der Waals surface area contributed by atoms with Crippen LogP contribution in [0, 0.1) is 0 Å². The molecule has 0 heterocycles. The molecule has 1 aliphatic rings. The Morgan fingerprint density at radius 2 is 2.00 bits per heavy atom. The second-order valence-electron chi connectivity index (χ2n) is 5.69. The number of rotatable bonds is 3. The average Bonchev–Trinajstić information content (AvgIpc) is 2.49. The molecule has 0 unspecified atom stereocenters. The van der Waals surface area contributed by atoms with Crippen molar-refractivity contribution in [2.75, 3.05) is 0 Å². The molecule has 0 saturated heterocycles. The fourth-order valence-corrected chi connectivity index (χ4v) is 3.74. The maximum Gasteiger partial charge on any atom is 0.0447 e. The third-order valence-electron chi connectivity index (χ3n) is 4.11. The standard InChI is InChI=1S/C20H18BrCl/c1-3-5-14-11-16(21)8-9-18(14)15-10-13(2)17-6-4-7-20(22)19(17)12-15/h4,6-11H,2-3,5,12H2,1H3. The number of benzene rings is 2. The molecule has 0 spiro atoms. The Kier molecular flexibility index (Phi) is 4.56. The minimum Gasteiger partial charge on any atom is -0.0911 e. The molecule has 0 saturated carbocycles. The molecule has 0 nitrogen and oxygen atoms in total. The van der Waals surface area contributed by atoms with Crippen molar-refractivity contribution in [2.45, 2.75) is 26.2 Å². The van der Waals surface area contributed by atoms with E-state index in [1.807, 2.05) is 12.1 Å². The Labute approximate surface area is 145 Å². The predicted molar refractivity (Wildman–Crippen MR) is 100 cm³/mol. The lowest BCUT2D eigenvalue weighted by atomic mass is 9.84. The Morgan fingerprint density at radius 3 is 2.77 bits per heavy atom. The number of allylic oxidation sites excluding steroid dienone is 3. The number of aryl methyl sites for hydroxylation is 1. The van der Waals surface area contributed by atoms with Gasteiger partial charge in [0.2, 0.25) is 0 Å². The Morgan fingerprint density at radius 1 is 1.18 bits per heavy atom. The van der Waals surface area contributed by atoms with Crippen LogP contribution >= 0.6 is 27.5 Å². The highest BCUT2D eigenvalue weighted by Gasteiger charge is 2.19. The number of hydrogen-bond donors (Lipinski definition) is 0. The van der Waals surface area contributed by atoms with Gasteiger partial charge in [0.1, 0.15) is 0 Å². The van der Waals surface area contributed by atoms with Crippen LogP contribution in [0.5, 0.6) is 0 Å². The van der Waals surface area contributed by atoms with Gasteiger partial charge in [-0.2, -0.15) is 0 Å². The molecule has 2 aromatic carbocycles. The van der Waals surface area contributed by atoms with Crippen LogP contribution in [0.15, 0.2) is 53.5 Å². The predicted octanol–water partition coefficient (Wildman–Crippen LogP) is 6.71. The maximum absolute atomic E-state index is 6.41. The van der Waals surface area contributed by atoms with E-state index >= 15 is 0 Å². The molecule has 0 N–H and O–H groups in total. The molecule has 0 aliphatic heterocycles. The van der Waals surface area contributed by atoms with Crippen LogP contribution in [-0.4, -0.2) is 0 Å². The summed E-state index contributed by atoms with van der Waals surface area (Å²) in [6.45, 7) is 6.43. The zero-order chi connectivity index (χ0) is 15.7. The fraction of sp³-hybridized carbons (Fsp3) is 0.200. The zero-order valence-electron chi connectivity index (χ0n) is 12.6. The van der Waals surface area contributed by atoms with E-state index in [0.29, 0.717) is 0 Å². The molecule has 112 valence electrons. The van der Waals surface area contributed by atoms with Gasteiger partial charge in [-0.15, -0.1) is 0 Å². The molecule has 0 amide bonds. The fourth-order valence-electron chi connectivity index (χ4n) is 3.09. The molecule has 0 bridgehead atoms. The first-order valence-electron chi connectivity index (χ1n) is 7.56. The van der Waals surface area contributed by atoms with Crippen molar-refractivity contribution >= 4 is 38.7 Å². The second kappa shape index (κ2) is 6.44. The van der Waals surface area contributed by atoms with E-state index in [9.17, 15) is 0 Å². The van der Waals surface area contributed by atoms with Crippen molar-refractivity contribution < 1.29 is 0 Å². The maximum atomic E-state index is 6.41. The molecule has 1 aliphatic carbocycles. The smallest absolute Gasteiger partial charge is 0.0447 e. The average molecular weight is 374 g/mol. The van der Waals surface area contributed by atoms with Crippen molar-refractivity contribution in [3.8, 4) is 0 Å². The Balaban J connectivity index is 2.08. The Hall–Kier alpha value is -1.31. The minimum absolute atomic E-state index is 0.832. The van der Waals surface area contributed by atoms with Gasteiger partial charge >= 0.3 is 0 Å². The third-order valence-corrected chi connectivity index (χ3v) is 4.96. The van der Waals surface area contributed by atoms with Crippen LogP contribution in [0.25, 0.3) is 11.1 Å². The second-order valence-corrected chi connectivity index (χ2v) is 7.01. The molecule has 3 rings (SSSR count). The first kappa shape index (κ1) is 15.6. The van der Waals surface area contributed by atoms with Gasteiger partial charge in [0.15, 0.2) is 0 Å². The summed E-state index contributed by atoms with van der Waals surface area (Å²) in [5.74, 6) is 0. The van der Waals surface area contributed by atoms with Crippen LogP contribution < -0.4 is 0 Å². The van der Waals surface area contributed by atoms with Gasteiger partial charge in [-0.25, -0.2) is 0 Å². The highest BCUT2D eigenvalue weighted by Crippen LogP contribution is 2.38. The SMILES string of the molecule is C=C1C=C(c2ccc(Br)cc2CCC)Cc2c(Cl)cccc21. The van der Waals surface area contributed by atoms with Gasteiger partial charge < -0.3 is 0 Å². The van der Waals surface area contributed by atoms with Crippen LogP contribution in [0.2, 0.25) is 5.02 Å². The van der Waals surface area contributed by atoms with Crippen molar-refractivity contribution in [1.82, 2.24) is 0 Å². The summed E-state index contributed by atoms with van der Waals surface area (Å²) >= 11 is 9.99. The highest BCUT2D eigenvalue weighted by molar-refractivity contribution is 9.10. The molecule has 0 atom stereocenters. The quantitative estimate of drug-likeness (QED) is 0.561. The summed E-state index contributed by atoms with van der Waals surface area (Å²) in [5.41, 5.74) is 7.41. The van der Waals surface area contributed by atoms with Gasteiger partial charge in [0.25, 0.3) is 0 Å². The molecule has 22 heavy (non-hydrogen) atoms. The zero-order valence-corrected chi connectivity index (χ0v) is 15.0. The van der Waals surface area contributed by atoms with E-state index in [1.54, 1.807) is 0 Å². The molecule has 0 radical (unpaired) electrons. The third kappa shape index (κ3) is 2.93. The summed E-state index contributed by atoms with van der Waals surface area (Å²) in [6.07, 6.45) is 5.29. The first-order valence-corrected chi connectivity index (χ1v) is 8.73. The highest BCUT2D eigenvalue weighted by atomic mass is 79.9. The molecule has 0 aromatic heterocycles. The van der Waals surface area contributed by atoms with Gasteiger partial charge in [-0.1, -0.05) is 71.7 Å². The molecule has 0 fully saturated rings. The topological polar surface area (TPSA) is 0 Å². The van der Waals surface area contributed by atoms with Crippen molar-refractivity contribution in [1.29, 1.82) is 0 Å². The summed E-state index contributed by atoms with van der Waals surface area (Å²) in [6, 6.07) is 12.6. The molecular weight excluding hydrogens is 356 g/mol. The normalized spacial score (nSPS) is 13.8. The van der Waals surface area contributed by atoms with E-state index in [4.69, 9.17) is 11.6 Å². The van der Waals surface area contributed by atoms with Crippen molar-refractivity contribution in [3.05, 3.63) is 80.8 Å². The van der Waals surface area contributed by atoms with E-state index in [2.05, 4.69) is 59.8 Å². The van der Waals surface area contributed by atoms with Crippen LogP contribution in [0.4, 0.5) is 0 Å². The summed E-state index contributed by atoms with van der Waals surface area (Å²) in [7, 11) is 0. The lowest BCUT2D eigenvalue weighted by Crippen LogP contribution is -2.04. The molecule has 2 heteroatoms. The van der Waals surface area contributed by atoms with Crippen LogP contribution in [-0.2, 0) is 12.8 Å². The summed E-state index contributed by atoms with van der Waals surface area (Å²) in [4.78, 5) is 0. The van der Waals surface area contributed by atoms with Gasteiger partial charge in [0, 0.05) is 15.9 Å². The van der Waals surface area contributed by atoms with Gasteiger partial charge in [-0.3, -0.25) is 0 Å². The first-order chi connectivity index (χ1) is 10.6. The van der Waals surface area contributed by atoms with Crippen LogP contribution in [0.3, 0.4) is 0 Å². The number of halogens is 2. The van der Waals surface area contributed by atoms with Gasteiger partial charge in [0.05, 0.1) is 0 Å². The van der Waals surface area contributed by atoms with E-state index < -0.39 is 0 Å². The Bertz CT molecular complexity index is 771. The van der Waals surface area contributed by atoms with E-state index in [0.717, 1.165) is 34.3 Å². The molecule has 2 aromatic rings. The van der Waals surface area contributed by atoms with Gasteiger partial charge in [-0.05, 0) is 58.0 Å². The summed E-state index contributed by atoms with van der Waals surface area (Å²) < 4.78 is 1.13. The van der Waals surface area contributed by atoms with Crippen LogP contribution in [0.1, 0.15) is 35.6 Å². The lowest BCUT2D eigenvalue weighted by molar-refractivity contribution is 0.916.